The van der Waals surface area contributed by atoms with Gasteiger partial charge in [0, 0.05) is 0 Å². The molecule has 1 aliphatic heterocycles. The van der Waals surface area contributed by atoms with E-state index in [1.807, 2.05) is 0 Å². The third-order valence-electron chi connectivity index (χ3n) is 6.71. The fraction of sp³-hybridized carbons (Fsp3) is 0.133. The summed E-state index contributed by atoms with van der Waals surface area (Å²) >= 11 is 1.03. The lowest BCUT2D eigenvalue weighted by Gasteiger charge is -2.28. The molecule has 5 rings (SSSR count). The third-order valence-corrected chi connectivity index (χ3v) is 9.73. The number of carbonyl (C=O) groups excluding carboxylic acids is 1. The summed E-state index contributed by atoms with van der Waals surface area (Å²) in [5.41, 5.74) is 7.18. The Balaban J connectivity index is 1.88. The predicted octanol–water partition coefficient (Wildman–Crippen LogP) is 2.44. The normalized spacial score (nSPS) is 15.4. The highest BCUT2D eigenvalue weighted by atomic mass is 32.2. The first-order valence-electron chi connectivity index (χ1n) is 12.4. The van der Waals surface area contributed by atoms with E-state index >= 15 is 0 Å². The Morgan fingerprint density at radius 2 is 1.49 bits per heavy atom. The molecule has 2 N–H and O–H groups in total. The molecular weight excluding hydrogens is 564 g/mol. The number of esters is 1. The van der Waals surface area contributed by atoms with Crippen LogP contribution in [-0.4, -0.2) is 40.3 Å². The van der Waals surface area contributed by atoms with Crippen LogP contribution in [0.1, 0.15) is 17.0 Å². The highest BCUT2D eigenvalue weighted by Gasteiger charge is 2.42. The molecule has 0 bridgehead atoms. The SMILES string of the molecule is COC(=O)C1=c2s/c(=C/c3ccc(OC)cc3)c(=O)n2C(N)=C(S(=O)(=O)c2ccccc2)[C@@H]1c1ccc(OC)cc1. The summed E-state index contributed by atoms with van der Waals surface area (Å²) in [6.45, 7) is 0. The lowest BCUT2D eigenvalue weighted by molar-refractivity contribution is -0.134. The topological polar surface area (TPSA) is 127 Å². The number of fused-ring (bicyclic) bond motifs is 1. The number of rotatable bonds is 7. The van der Waals surface area contributed by atoms with Crippen molar-refractivity contribution in [1.82, 2.24) is 4.57 Å². The van der Waals surface area contributed by atoms with Crippen LogP contribution in [-0.2, 0) is 19.4 Å². The van der Waals surface area contributed by atoms with Crippen molar-refractivity contribution in [2.75, 3.05) is 21.3 Å². The van der Waals surface area contributed by atoms with E-state index in [1.165, 1.54) is 26.4 Å². The van der Waals surface area contributed by atoms with Crippen molar-refractivity contribution in [3.8, 4) is 11.5 Å². The Morgan fingerprint density at radius 3 is 2.05 bits per heavy atom. The van der Waals surface area contributed by atoms with Gasteiger partial charge in [-0.15, -0.1) is 11.3 Å². The van der Waals surface area contributed by atoms with Gasteiger partial charge in [-0.25, -0.2) is 13.2 Å². The van der Waals surface area contributed by atoms with E-state index in [0.29, 0.717) is 22.6 Å². The number of carbonyl (C=O) groups is 1. The van der Waals surface area contributed by atoms with Gasteiger partial charge in [0.2, 0.25) is 9.84 Å². The molecule has 0 fully saturated rings. The number of ether oxygens (including phenoxy) is 3. The van der Waals surface area contributed by atoms with Crippen LogP contribution >= 0.6 is 11.3 Å². The third kappa shape index (κ3) is 4.94. The number of thiazole rings is 1. The minimum atomic E-state index is -4.30. The molecule has 0 radical (unpaired) electrons. The van der Waals surface area contributed by atoms with E-state index in [1.54, 1.807) is 79.9 Å². The van der Waals surface area contributed by atoms with Crippen LogP contribution < -0.4 is 30.0 Å². The molecule has 0 aliphatic carbocycles. The quantitative estimate of drug-likeness (QED) is 0.325. The Hall–Kier alpha value is -4.61. The smallest absolute Gasteiger partial charge is 0.337 e. The molecule has 3 aromatic carbocycles. The average Bonchev–Trinajstić information content (AvgIpc) is 3.32. The molecular formula is C30H26N2O7S2. The van der Waals surface area contributed by atoms with Crippen molar-refractivity contribution >= 4 is 44.6 Å². The van der Waals surface area contributed by atoms with Gasteiger partial charge < -0.3 is 19.9 Å². The Kier molecular flexibility index (Phi) is 7.57. The first-order chi connectivity index (χ1) is 19.7. The lowest BCUT2D eigenvalue weighted by Crippen LogP contribution is -2.41. The minimum absolute atomic E-state index is 0.0159. The predicted molar refractivity (Wildman–Crippen MR) is 157 cm³/mol. The number of allylic oxidation sites excluding steroid dienone is 1. The highest BCUT2D eigenvalue weighted by Crippen LogP contribution is 2.42. The second kappa shape index (κ2) is 11.1. The van der Waals surface area contributed by atoms with Gasteiger partial charge >= 0.3 is 5.97 Å². The number of benzene rings is 3. The van der Waals surface area contributed by atoms with Crippen LogP contribution in [0.2, 0.25) is 0 Å². The molecule has 1 aromatic heterocycles. The van der Waals surface area contributed by atoms with Gasteiger partial charge in [-0.2, -0.15) is 0 Å². The maximum absolute atomic E-state index is 14.2. The first-order valence-corrected chi connectivity index (χ1v) is 14.7. The molecule has 0 saturated heterocycles. The van der Waals surface area contributed by atoms with Gasteiger partial charge in [-0.1, -0.05) is 42.5 Å². The van der Waals surface area contributed by atoms with Crippen molar-refractivity contribution in [2.24, 2.45) is 5.73 Å². The van der Waals surface area contributed by atoms with Crippen LogP contribution in [0, 0.1) is 0 Å². The van der Waals surface area contributed by atoms with Gasteiger partial charge in [0.15, 0.2) is 0 Å². The molecule has 11 heteroatoms. The van der Waals surface area contributed by atoms with E-state index in [4.69, 9.17) is 19.9 Å². The Bertz CT molecular complexity index is 1940. The molecule has 4 aromatic rings. The van der Waals surface area contributed by atoms with Gasteiger partial charge in [0.25, 0.3) is 5.56 Å². The summed E-state index contributed by atoms with van der Waals surface area (Å²) in [7, 11) is -0.0343. The number of nitrogens with zero attached hydrogens (tertiary/aromatic N) is 1. The van der Waals surface area contributed by atoms with Gasteiger partial charge in [-0.05, 0) is 53.6 Å². The van der Waals surface area contributed by atoms with Crippen LogP contribution in [0.25, 0.3) is 17.5 Å². The van der Waals surface area contributed by atoms with E-state index < -0.39 is 27.3 Å². The molecule has 1 atom stereocenters. The summed E-state index contributed by atoms with van der Waals surface area (Å²) in [6.07, 6.45) is 1.65. The van der Waals surface area contributed by atoms with Crippen LogP contribution in [0.3, 0.4) is 0 Å². The number of hydrogen-bond donors (Lipinski definition) is 1. The maximum Gasteiger partial charge on any atom is 0.337 e. The zero-order valence-electron chi connectivity index (χ0n) is 22.4. The van der Waals surface area contributed by atoms with Crippen molar-refractivity contribution in [2.45, 2.75) is 10.8 Å². The van der Waals surface area contributed by atoms with Crippen molar-refractivity contribution in [1.29, 1.82) is 0 Å². The molecule has 210 valence electrons. The fourth-order valence-corrected chi connectivity index (χ4v) is 7.56. The van der Waals surface area contributed by atoms with E-state index in [-0.39, 0.29) is 30.4 Å². The molecule has 0 saturated carbocycles. The van der Waals surface area contributed by atoms with E-state index in [2.05, 4.69) is 0 Å². The molecule has 0 amide bonds. The molecule has 9 nitrogen and oxygen atoms in total. The van der Waals surface area contributed by atoms with Crippen LogP contribution in [0.15, 0.2) is 93.5 Å². The lowest BCUT2D eigenvalue weighted by atomic mass is 9.89. The summed E-state index contributed by atoms with van der Waals surface area (Å²) in [6, 6.07) is 21.4. The number of methoxy groups -OCH3 is 3. The zero-order chi connectivity index (χ0) is 29.3. The highest BCUT2D eigenvalue weighted by molar-refractivity contribution is 7.95. The molecule has 2 heterocycles. The minimum Gasteiger partial charge on any atom is -0.497 e. The van der Waals surface area contributed by atoms with E-state index in [9.17, 15) is 18.0 Å². The number of nitrogens with two attached hydrogens (primary N) is 1. The van der Waals surface area contributed by atoms with Crippen LogP contribution in [0.4, 0.5) is 0 Å². The largest absolute Gasteiger partial charge is 0.497 e. The fourth-order valence-electron chi connectivity index (χ4n) is 4.69. The molecule has 0 unspecified atom stereocenters. The maximum atomic E-state index is 14.2. The standard InChI is InChI=1S/C30H26N2O7S2/c1-37-20-13-9-18(10-14-20)17-23-28(33)32-27(31)26(41(35,36)22-7-5-4-6-8-22)24(19-11-15-21(38-2)16-12-19)25(29(32)40-23)30(34)39-3/h4-17,24H,31H2,1-3H3/b23-17+/t24-/m1/s1. The van der Waals surface area contributed by atoms with Crippen LogP contribution in [0.5, 0.6) is 11.5 Å². The van der Waals surface area contributed by atoms with Gasteiger partial charge in [-0.3, -0.25) is 9.36 Å². The Morgan fingerprint density at radius 1 is 0.902 bits per heavy atom. The second-order valence-electron chi connectivity index (χ2n) is 9.01. The monoisotopic (exact) mass is 590 g/mol. The molecule has 1 aliphatic rings. The number of sulfone groups is 1. The Labute approximate surface area is 240 Å². The van der Waals surface area contributed by atoms with Gasteiger partial charge in [0.05, 0.1) is 42.2 Å². The number of aromatic nitrogens is 1. The summed E-state index contributed by atoms with van der Waals surface area (Å²) in [5.74, 6) is -1.04. The zero-order valence-corrected chi connectivity index (χ0v) is 24.0. The summed E-state index contributed by atoms with van der Waals surface area (Å²) in [5, 5.41) is 0. The second-order valence-corrected chi connectivity index (χ2v) is 12.0. The number of hydrogen-bond acceptors (Lipinski definition) is 9. The first kappa shape index (κ1) is 27.9. The summed E-state index contributed by atoms with van der Waals surface area (Å²) in [4.78, 5) is 26.9. The van der Waals surface area contributed by atoms with Gasteiger partial charge in [0.1, 0.15) is 26.9 Å². The molecule has 41 heavy (non-hydrogen) atoms. The summed E-state index contributed by atoms with van der Waals surface area (Å²) < 4.78 is 45.5. The average molecular weight is 591 g/mol. The van der Waals surface area contributed by atoms with Crippen molar-refractivity contribution in [3.63, 3.8) is 0 Å². The molecule has 0 spiro atoms. The van der Waals surface area contributed by atoms with E-state index in [0.717, 1.165) is 15.9 Å². The van der Waals surface area contributed by atoms with Crippen molar-refractivity contribution < 1.29 is 27.4 Å². The van der Waals surface area contributed by atoms with Crippen molar-refractivity contribution in [3.05, 3.63) is 114 Å².